The monoisotopic (exact) mass is 415 g/mol. The van der Waals surface area contributed by atoms with Crippen molar-refractivity contribution < 1.29 is 13.2 Å². The van der Waals surface area contributed by atoms with E-state index in [1.807, 2.05) is 7.05 Å². The van der Waals surface area contributed by atoms with Crippen molar-refractivity contribution in [3.05, 3.63) is 0 Å². The second kappa shape index (κ2) is 10.2. The Kier molecular flexibility index (Phi) is 7.96. The van der Waals surface area contributed by atoms with Gasteiger partial charge >= 0.3 is 0 Å². The van der Waals surface area contributed by atoms with Gasteiger partial charge in [-0.25, -0.2) is 8.42 Å². The normalized spacial score (nSPS) is 26.7. The highest BCUT2D eigenvalue weighted by atomic mass is 32.2. The molecule has 3 aliphatic rings. The first-order valence-electron chi connectivity index (χ1n) is 10.7. The highest BCUT2D eigenvalue weighted by Gasteiger charge is 2.38. The molecule has 8 nitrogen and oxygen atoms in total. The van der Waals surface area contributed by atoms with E-state index < -0.39 is 9.84 Å². The van der Waals surface area contributed by atoms with Crippen LogP contribution in [0.3, 0.4) is 0 Å². The lowest BCUT2D eigenvalue weighted by atomic mass is 9.80. The molecule has 0 radical (unpaired) electrons. The van der Waals surface area contributed by atoms with Crippen LogP contribution in [0, 0.1) is 0 Å². The predicted molar refractivity (Wildman–Crippen MR) is 113 cm³/mol. The first-order chi connectivity index (χ1) is 13.5. The van der Waals surface area contributed by atoms with Crippen molar-refractivity contribution in [2.24, 2.45) is 4.99 Å². The molecular formula is C19H37N5O3S. The fourth-order valence-electron chi connectivity index (χ4n) is 4.63. The van der Waals surface area contributed by atoms with Crippen LogP contribution in [-0.4, -0.2) is 107 Å². The fourth-order valence-corrected chi connectivity index (χ4v) is 5.90. The summed E-state index contributed by atoms with van der Waals surface area (Å²) in [7, 11) is -1.00. The highest BCUT2D eigenvalue weighted by molar-refractivity contribution is 7.91. The van der Waals surface area contributed by atoms with E-state index in [0.29, 0.717) is 13.1 Å². The van der Waals surface area contributed by atoms with Gasteiger partial charge in [0.25, 0.3) is 0 Å². The number of nitrogens with one attached hydrogen (secondary N) is 2. The minimum atomic E-state index is -2.81. The van der Waals surface area contributed by atoms with Crippen LogP contribution < -0.4 is 10.6 Å². The molecule has 0 spiro atoms. The fraction of sp³-hybridized carbons (Fsp3) is 0.947. The molecule has 0 bridgehead atoms. The molecule has 1 aliphatic carbocycles. The second-order valence-corrected chi connectivity index (χ2v) is 10.5. The highest BCUT2D eigenvalue weighted by Crippen LogP contribution is 2.33. The van der Waals surface area contributed by atoms with E-state index in [1.54, 1.807) is 0 Å². The van der Waals surface area contributed by atoms with Crippen LogP contribution in [0.4, 0.5) is 0 Å². The number of ether oxygens (including phenoxy) is 1. The second-order valence-electron chi connectivity index (χ2n) is 8.23. The molecule has 2 N–H and O–H groups in total. The Labute approximate surface area is 170 Å². The van der Waals surface area contributed by atoms with Crippen LogP contribution in [0.1, 0.15) is 32.1 Å². The number of hydrogen-bond acceptors (Lipinski definition) is 6. The summed E-state index contributed by atoms with van der Waals surface area (Å²) >= 11 is 0. The molecule has 0 unspecified atom stereocenters. The smallest absolute Gasteiger partial charge is 0.191 e. The van der Waals surface area contributed by atoms with Crippen molar-refractivity contribution in [3.63, 3.8) is 0 Å². The third-order valence-electron chi connectivity index (χ3n) is 6.43. The van der Waals surface area contributed by atoms with E-state index in [2.05, 4.69) is 25.4 Å². The number of sulfone groups is 1. The van der Waals surface area contributed by atoms with Crippen LogP contribution in [0.2, 0.25) is 0 Å². The van der Waals surface area contributed by atoms with E-state index in [0.717, 1.165) is 51.9 Å². The molecule has 0 atom stereocenters. The topological polar surface area (TPSA) is 86.3 Å². The lowest BCUT2D eigenvalue weighted by Gasteiger charge is -2.48. The largest absolute Gasteiger partial charge is 0.379 e. The zero-order chi connectivity index (χ0) is 19.9. The molecule has 2 saturated heterocycles. The molecule has 1 saturated carbocycles. The van der Waals surface area contributed by atoms with Gasteiger partial charge in [-0.15, -0.1) is 0 Å². The van der Waals surface area contributed by atoms with Gasteiger partial charge in [-0.2, -0.15) is 0 Å². The van der Waals surface area contributed by atoms with Crippen LogP contribution >= 0.6 is 0 Å². The molecule has 9 heteroatoms. The van der Waals surface area contributed by atoms with Crippen LogP contribution in [-0.2, 0) is 14.6 Å². The standard InChI is InChI=1S/C19H37N5O3S/c1-20-18(21-7-8-23-11-15-28(25,26)16-12-23)22-17-19(5-3-2-4-6-19)24-9-13-27-14-10-24/h2-17H2,1H3,(H2,20,21,22). The van der Waals surface area contributed by atoms with Crippen LogP contribution in [0.25, 0.3) is 0 Å². The lowest BCUT2D eigenvalue weighted by molar-refractivity contribution is -0.0352. The van der Waals surface area contributed by atoms with Crippen molar-refractivity contribution in [1.82, 2.24) is 20.4 Å². The Morgan fingerprint density at radius 1 is 1.04 bits per heavy atom. The molecule has 0 amide bonds. The van der Waals surface area contributed by atoms with E-state index in [1.165, 1.54) is 32.1 Å². The zero-order valence-electron chi connectivity index (χ0n) is 17.3. The Balaban J connectivity index is 1.45. The first kappa shape index (κ1) is 21.8. The van der Waals surface area contributed by atoms with Gasteiger partial charge in [0.1, 0.15) is 0 Å². The zero-order valence-corrected chi connectivity index (χ0v) is 18.1. The van der Waals surface area contributed by atoms with Crippen molar-refractivity contribution in [1.29, 1.82) is 0 Å². The SMILES string of the molecule is CN=C(NCCN1CCS(=O)(=O)CC1)NCC1(N2CCOCC2)CCCCC1. The van der Waals surface area contributed by atoms with Gasteiger partial charge in [-0.1, -0.05) is 19.3 Å². The third kappa shape index (κ3) is 6.05. The van der Waals surface area contributed by atoms with Crippen molar-refractivity contribution in [2.75, 3.05) is 77.6 Å². The average Bonchev–Trinajstić information content (AvgIpc) is 2.73. The molecule has 162 valence electrons. The maximum atomic E-state index is 11.5. The van der Waals surface area contributed by atoms with Crippen molar-refractivity contribution >= 4 is 15.8 Å². The average molecular weight is 416 g/mol. The maximum Gasteiger partial charge on any atom is 0.191 e. The molecule has 3 rings (SSSR count). The molecule has 2 heterocycles. The van der Waals surface area contributed by atoms with Gasteiger partial charge < -0.3 is 15.4 Å². The molecule has 0 aromatic heterocycles. The van der Waals surface area contributed by atoms with Gasteiger partial charge in [0, 0.05) is 58.4 Å². The molecule has 3 fully saturated rings. The predicted octanol–water partition coefficient (Wildman–Crippen LogP) is -0.0831. The van der Waals surface area contributed by atoms with E-state index in [4.69, 9.17) is 4.74 Å². The van der Waals surface area contributed by atoms with Gasteiger partial charge in [-0.05, 0) is 12.8 Å². The molecular weight excluding hydrogens is 378 g/mol. The van der Waals surface area contributed by atoms with E-state index >= 15 is 0 Å². The minimum absolute atomic E-state index is 0.209. The van der Waals surface area contributed by atoms with Crippen molar-refractivity contribution in [3.8, 4) is 0 Å². The van der Waals surface area contributed by atoms with E-state index in [9.17, 15) is 8.42 Å². The number of guanidine groups is 1. The van der Waals surface area contributed by atoms with E-state index in [-0.39, 0.29) is 17.0 Å². The van der Waals surface area contributed by atoms with Gasteiger partial charge in [0.2, 0.25) is 0 Å². The lowest BCUT2D eigenvalue weighted by Crippen LogP contribution is -2.60. The summed E-state index contributed by atoms with van der Waals surface area (Å²) in [5.41, 5.74) is 0.209. The molecule has 28 heavy (non-hydrogen) atoms. The number of nitrogens with zero attached hydrogens (tertiary/aromatic N) is 3. The minimum Gasteiger partial charge on any atom is -0.379 e. The summed E-state index contributed by atoms with van der Waals surface area (Å²) < 4.78 is 28.6. The summed E-state index contributed by atoms with van der Waals surface area (Å²) in [6.45, 7) is 7.49. The quantitative estimate of drug-likeness (QED) is 0.463. The van der Waals surface area contributed by atoms with Crippen molar-refractivity contribution in [2.45, 2.75) is 37.6 Å². The Hall–Kier alpha value is -0.900. The molecule has 2 aliphatic heterocycles. The number of rotatable bonds is 6. The van der Waals surface area contributed by atoms with Gasteiger partial charge in [0.15, 0.2) is 15.8 Å². The molecule has 0 aromatic rings. The Bertz CT molecular complexity index is 599. The summed E-state index contributed by atoms with van der Waals surface area (Å²) in [6, 6.07) is 0. The first-order valence-corrected chi connectivity index (χ1v) is 12.6. The number of morpholine rings is 1. The van der Waals surface area contributed by atoms with Crippen LogP contribution in [0.15, 0.2) is 4.99 Å². The Morgan fingerprint density at radius 3 is 2.36 bits per heavy atom. The summed E-state index contributed by atoms with van der Waals surface area (Å²) in [6.07, 6.45) is 6.40. The number of hydrogen-bond donors (Lipinski definition) is 2. The van der Waals surface area contributed by atoms with Gasteiger partial charge in [-0.3, -0.25) is 14.8 Å². The molecule has 0 aromatic carbocycles. The number of aliphatic imine (C=N–C) groups is 1. The Morgan fingerprint density at radius 2 is 1.71 bits per heavy atom. The van der Waals surface area contributed by atoms with Crippen LogP contribution in [0.5, 0.6) is 0 Å². The summed E-state index contributed by atoms with van der Waals surface area (Å²) in [4.78, 5) is 9.23. The van der Waals surface area contributed by atoms with Gasteiger partial charge in [0.05, 0.1) is 24.7 Å². The maximum absolute atomic E-state index is 11.5. The third-order valence-corrected chi connectivity index (χ3v) is 8.04. The summed E-state index contributed by atoms with van der Waals surface area (Å²) in [5, 5.41) is 6.97. The summed E-state index contributed by atoms with van der Waals surface area (Å²) in [5.74, 6) is 1.40.